The van der Waals surface area contributed by atoms with Gasteiger partial charge in [-0.2, -0.15) is 0 Å². The van der Waals surface area contributed by atoms with Crippen LogP contribution in [0.25, 0.3) is 0 Å². The number of rotatable bonds is 5. The van der Waals surface area contributed by atoms with Crippen molar-refractivity contribution >= 4 is 17.8 Å². The van der Waals surface area contributed by atoms with E-state index in [1.165, 1.54) is 31.4 Å². The standard InChI is InChI=1S/C12H14N2O5/c1-19-12(18)8-4-2-7(3-5-8)10(15)14-9(6-13)11(16)17/h2-5,9H,6,13H2,1H3,(H,14,15)(H,16,17). The molecule has 7 heteroatoms. The lowest BCUT2D eigenvalue weighted by molar-refractivity contribution is -0.138. The fraction of sp³-hybridized carbons (Fsp3) is 0.250. The fourth-order valence-corrected chi connectivity index (χ4v) is 1.34. The monoisotopic (exact) mass is 266 g/mol. The maximum absolute atomic E-state index is 11.7. The van der Waals surface area contributed by atoms with Crippen molar-refractivity contribution in [2.45, 2.75) is 6.04 Å². The molecule has 1 unspecified atom stereocenters. The van der Waals surface area contributed by atoms with Gasteiger partial charge < -0.3 is 20.9 Å². The van der Waals surface area contributed by atoms with Crippen LogP contribution in [0.5, 0.6) is 0 Å². The lowest BCUT2D eigenvalue weighted by atomic mass is 10.1. The van der Waals surface area contributed by atoms with Crippen LogP contribution in [0.2, 0.25) is 0 Å². The molecule has 19 heavy (non-hydrogen) atoms. The number of carbonyl (C=O) groups excluding carboxylic acids is 2. The van der Waals surface area contributed by atoms with Gasteiger partial charge in [-0.3, -0.25) is 4.79 Å². The highest BCUT2D eigenvalue weighted by atomic mass is 16.5. The molecule has 102 valence electrons. The summed E-state index contributed by atoms with van der Waals surface area (Å²) in [4.78, 5) is 33.6. The maximum atomic E-state index is 11.7. The first-order chi connectivity index (χ1) is 8.99. The third kappa shape index (κ3) is 3.78. The lowest BCUT2D eigenvalue weighted by Gasteiger charge is -2.12. The summed E-state index contributed by atoms with van der Waals surface area (Å²) >= 11 is 0. The van der Waals surface area contributed by atoms with E-state index in [0.717, 1.165) is 0 Å². The number of methoxy groups -OCH3 is 1. The Bertz CT molecular complexity index is 483. The molecule has 1 rings (SSSR count). The molecule has 4 N–H and O–H groups in total. The van der Waals surface area contributed by atoms with E-state index in [1.54, 1.807) is 0 Å². The van der Waals surface area contributed by atoms with Crippen LogP contribution in [0.4, 0.5) is 0 Å². The number of ether oxygens (including phenoxy) is 1. The summed E-state index contributed by atoms with van der Waals surface area (Å²) in [5.41, 5.74) is 5.75. The molecule has 0 aliphatic rings. The number of aliphatic carboxylic acids is 1. The van der Waals surface area contributed by atoms with Gasteiger partial charge in [0.2, 0.25) is 0 Å². The fourth-order valence-electron chi connectivity index (χ4n) is 1.34. The van der Waals surface area contributed by atoms with Crippen LogP contribution in [-0.4, -0.2) is 42.6 Å². The number of hydrogen-bond donors (Lipinski definition) is 3. The molecule has 7 nitrogen and oxygen atoms in total. The van der Waals surface area contributed by atoms with E-state index in [9.17, 15) is 14.4 Å². The number of carboxylic acids is 1. The molecule has 0 aliphatic carbocycles. The third-order valence-electron chi connectivity index (χ3n) is 2.41. The predicted molar refractivity (Wildman–Crippen MR) is 65.7 cm³/mol. The summed E-state index contributed by atoms with van der Waals surface area (Å²) in [5.74, 6) is -2.30. The molecule has 1 atom stereocenters. The van der Waals surface area contributed by atoms with Crippen LogP contribution in [0.1, 0.15) is 20.7 Å². The molecule has 0 spiro atoms. The first-order valence-electron chi connectivity index (χ1n) is 5.41. The molecular formula is C12H14N2O5. The van der Waals surface area contributed by atoms with Gasteiger partial charge in [-0.25, -0.2) is 9.59 Å². The highest BCUT2D eigenvalue weighted by Crippen LogP contribution is 2.06. The number of esters is 1. The summed E-state index contributed by atoms with van der Waals surface area (Å²) in [6.45, 7) is -0.207. The normalized spacial score (nSPS) is 11.5. The minimum absolute atomic E-state index is 0.207. The van der Waals surface area contributed by atoms with Crippen LogP contribution in [-0.2, 0) is 9.53 Å². The van der Waals surface area contributed by atoms with Crippen molar-refractivity contribution in [1.82, 2.24) is 5.32 Å². The molecule has 0 saturated heterocycles. The Morgan fingerprint density at radius 2 is 1.79 bits per heavy atom. The number of carbonyl (C=O) groups is 3. The van der Waals surface area contributed by atoms with Crippen LogP contribution in [0, 0.1) is 0 Å². The molecule has 0 radical (unpaired) electrons. The molecule has 1 aromatic carbocycles. The largest absolute Gasteiger partial charge is 0.480 e. The molecule has 0 fully saturated rings. The van der Waals surface area contributed by atoms with Crippen molar-refractivity contribution in [3.8, 4) is 0 Å². The van der Waals surface area contributed by atoms with Gasteiger partial charge >= 0.3 is 11.9 Å². The number of benzene rings is 1. The molecule has 0 bridgehead atoms. The first-order valence-corrected chi connectivity index (χ1v) is 5.41. The minimum Gasteiger partial charge on any atom is -0.480 e. The average Bonchev–Trinajstić information content (AvgIpc) is 2.43. The third-order valence-corrected chi connectivity index (χ3v) is 2.41. The minimum atomic E-state index is -1.21. The molecule has 0 aliphatic heterocycles. The molecule has 0 saturated carbocycles. The second-order valence-electron chi connectivity index (χ2n) is 3.67. The summed E-state index contributed by atoms with van der Waals surface area (Å²) in [6, 6.07) is 4.49. The van der Waals surface area contributed by atoms with Gasteiger partial charge in [0.05, 0.1) is 12.7 Å². The second kappa shape index (κ2) is 6.50. The molecule has 1 amide bonds. The highest BCUT2D eigenvalue weighted by molar-refractivity contribution is 5.98. The van der Waals surface area contributed by atoms with Crippen molar-refractivity contribution in [1.29, 1.82) is 0 Å². The quantitative estimate of drug-likeness (QED) is 0.625. The van der Waals surface area contributed by atoms with E-state index in [4.69, 9.17) is 10.8 Å². The van der Waals surface area contributed by atoms with Crippen molar-refractivity contribution in [3.05, 3.63) is 35.4 Å². The van der Waals surface area contributed by atoms with Crippen LogP contribution < -0.4 is 11.1 Å². The van der Waals surface area contributed by atoms with E-state index >= 15 is 0 Å². The number of carboxylic acid groups (broad SMARTS) is 1. The van der Waals surface area contributed by atoms with E-state index in [2.05, 4.69) is 10.1 Å². The molecule has 1 aromatic rings. The van der Waals surface area contributed by atoms with Crippen LogP contribution in [0.15, 0.2) is 24.3 Å². The molecule has 0 heterocycles. The van der Waals surface area contributed by atoms with E-state index in [1.807, 2.05) is 0 Å². The van der Waals surface area contributed by atoms with Gasteiger partial charge in [-0.15, -0.1) is 0 Å². The summed E-state index contributed by atoms with van der Waals surface area (Å²) < 4.78 is 4.52. The number of hydrogen-bond acceptors (Lipinski definition) is 5. The Hall–Kier alpha value is -2.41. The van der Waals surface area contributed by atoms with Gasteiger partial charge in [0.25, 0.3) is 5.91 Å². The predicted octanol–water partition coefficient (Wildman–Crippen LogP) is -0.385. The number of nitrogens with one attached hydrogen (secondary N) is 1. The van der Waals surface area contributed by atoms with E-state index in [0.29, 0.717) is 5.56 Å². The van der Waals surface area contributed by atoms with Crippen molar-refractivity contribution in [2.24, 2.45) is 5.73 Å². The van der Waals surface area contributed by atoms with Crippen LogP contribution >= 0.6 is 0 Å². The summed E-state index contributed by atoms with van der Waals surface area (Å²) in [5, 5.41) is 11.0. The smallest absolute Gasteiger partial charge is 0.337 e. The van der Waals surface area contributed by atoms with Gasteiger partial charge in [-0.1, -0.05) is 0 Å². The molecule has 0 aromatic heterocycles. The zero-order chi connectivity index (χ0) is 14.4. The van der Waals surface area contributed by atoms with E-state index in [-0.39, 0.29) is 12.1 Å². The van der Waals surface area contributed by atoms with Crippen molar-refractivity contribution < 1.29 is 24.2 Å². The maximum Gasteiger partial charge on any atom is 0.337 e. The first kappa shape index (κ1) is 14.7. The van der Waals surface area contributed by atoms with Crippen molar-refractivity contribution in [3.63, 3.8) is 0 Å². The Morgan fingerprint density at radius 1 is 1.26 bits per heavy atom. The summed E-state index contributed by atoms with van der Waals surface area (Å²) in [7, 11) is 1.25. The lowest BCUT2D eigenvalue weighted by Crippen LogP contribution is -2.45. The number of nitrogens with two attached hydrogens (primary N) is 1. The topological polar surface area (TPSA) is 119 Å². The Labute approximate surface area is 109 Å². The van der Waals surface area contributed by atoms with Crippen molar-refractivity contribution in [2.75, 3.05) is 13.7 Å². The van der Waals surface area contributed by atoms with Gasteiger partial charge in [0.15, 0.2) is 0 Å². The van der Waals surface area contributed by atoms with E-state index < -0.39 is 23.9 Å². The zero-order valence-electron chi connectivity index (χ0n) is 10.3. The Kier molecular flexibility index (Phi) is 5.01. The average molecular weight is 266 g/mol. The Morgan fingerprint density at radius 3 is 2.21 bits per heavy atom. The van der Waals surface area contributed by atoms with Gasteiger partial charge in [0.1, 0.15) is 6.04 Å². The molecular weight excluding hydrogens is 252 g/mol. The van der Waals surface area contributed by atoms with Crippen LogP contribution in [0.3, 0.4) is 0 Å². The SMILES string of the molecule is COC(=O)c1ccc(C(=O)NC(CN)C(=O)O)cc1. The number of amides is 1. The van der Waals surface area contributed by atoms with Gasteiger partial charge in [-0.05, 0) is 24.3 Å². The zero-order valence-corrected chi connectivity index (χ0v) is 10.3. The second-order valence-corrected chi connectivity index (χ2v) is 3.67. The summed E-state index contributed by atoms with van der Waals surface area (Å²) in [6.07, 6.45) is 0. The Balaban J connectivity index is 2.78. The highest BCUT2D eigenvalue weighted by Gasteiger charge is 2.18. The van der Waals surface area contributed by atoms with Gasteiger partial charge in [0, 0.05) is 12.1 Å².